The van der Waals surface area contributed by atoms with Gasteiger partial charge in [0.15, 0.2) is 5.78 Å². The van der Waals surface area contributed by atoms with E-state index in [1.807, 2.05) is 12.1 Å². The summed E-state index contributed by atoms with van der Waals surface area (Å²) in [4.78, 5) is 14.8. The Bertz CT molecular complexity index is 297. The van der Waals surface area contributed by atoms with Gasteiger partial charge in [0.05, 0.1) is 0 Å². The number of ether oxygens (including phenoxy) is 1. The fourth-order valence-electron chi connectivity index (χ4n) is 1.22. The van der Waals surface area contributed by atoms with Crippen LogP contribution in [0.25, 0.3) is 0 Å². The minimum absolute atomic E-state index is 0.0452. The number of hydrogen-bond donors (Lipinski definition) is 0. The van der Waals surface area contributed by atoms with E-state index in [4.69, 9.17) is 4.74 Å². The summed E-state index contributed by atoms with van der Waals surface area (Å²) in [5, 5.41) is 0. The number of carbonyl (C=O) groups is 1. The van der Waals surface area contributed by atoms with Gasteiger partial charge in [-0.05, 0) is 13.0 Å². The van der Waals surface area contributed by atoms with Crippen molar-refractivity contribution in [3.8, 4) is 0 Å². The summed E-state index contributed by atoms with van der Waals surface area (Å²) < 4.78 is 5.17. The lowest BCUT2D eigenvalue weighted by Crippen LogP contribution is -2.00. The standard InChI is InChI=1S/C9H9NO2/c1-6(11)8-9(12-8)7-3-2-4-10-5-7/h2-5,8-9H,1H3/t8-,9+/m0/s1. The maximum Gasteiger partial charge on any atom is 0.161 e. The predicted octanol–water partition coefficient (Wildman–Crippen LogP) is 1.11. The van der Waals surface area contributed by atoms with Gasteiger partial charge >= 0.3 is 0 Å². The average molecular weight is 163 g/mol. The summed E-state index contributed by atoms with van der Waals surface area (Å²) in [6, 6.07) is 3.76. The third-order valence-corrected chi connectivity index (χ3v) is 1.91. The second-order valence-electron chi connectivity index (χ2n) is 2.87. The minimum atomic E-state index is -0.228. The molecule has 62 valence electrons. The van der Waals surface area contributed by atoms with Gasteiger partial charge in [0, 0.05) is 18.0 Å². The molecular formula is C9H9NO2. The lowest BCUT2D eigenvalue weighted by atomic mass is 10.1. The molecule has 2 heterocycles. The predicted molar refractivity (Wildman–Crippen MR) is 42.5 cm³/mol. The van der Waals surface area contributed by atoms with Crippen molar-refractivity contribution in [3.63, 3.8) is 0 Å². The molecule has 3 heteroatoms. The highest BCUT2D eigenvalue weighted by Crippen LogP contribution is 2.38. The van der Waals surface area contributed by atoms with E-state index in [2.05, 4.69) is 4.98 Å². The van der Waals surface area contributed by atoms with E-state index in [0.717, 1.165) is 5.56 Å². The fraction of sp³-hybridized carbons (Fsp3) is 0.333. The van der Waals surface area contributed by atoms with Crippen molar-refractivity contribution in [1.82, 2.24) is 4.98 Å². The van der Waals surface area contributed by atoms with Crippen LogP contribution in [0, 0.1) is 0 Å². The first-order valence-corrected chi connectivity index (χ1v) is 3.85. The van der Waals surface area contributed by atoms with Gasteiger partial charge in [0.1, 0.15) is 12.2 Å². The first kappa shape index (κ1) is 7.43. The van der Waals surface area contributed by atoms with E-state index in [1.165, 1.54) is 0 Å². The fourth-order valence-corrected chi connectivity index (χ4v) is 1.22. The van der Waals surface area contributed by atoms with Gasteiger partial charge in [0.2, 0.25) is 0 Å². The van der Waals surface area contributed by atoms with Crippen LogP contribution in [0.5, 0.6) is 0 Å². The first-order chi connectivity index (χ1) is 5.79. The molecule has 0 aliphatic carbocycles. The third-order valence-electron chi connectivity index (χ3n) is 1.91. The summed E-state index contributed by atoms with van der Waals surface area (Å²) >= 11 is 0. The van der Waals surface area contributed by atoms with Crippen LogP contribution in [-0.2, 0) is 9.53 Å². The average Bonchev–Trinajstić information content (AvgIpc) is 2.84. The molecule has 0 bridgehead atoms. The van der Waals surface area contributed by atoms with Gasteiger partial charge in [-0.2, -0.15) is 0 Å². The maximum atomic E-state index is 10.8. The number of ketones is 1. The number of epoxide rings is 1. The zero-order valence-electron chi connectivity index (χ0n) is 6.73. The second-order valence-corrected chi connectivity index (χ2v) is 2.87. The molecule has 0 N–H and O–H groups in total. The second kappa shape index (κ2) is 2.68. The number of hydrogen-bond acceptors (Lipinski definition) is 3. The van der Waals surface area contributed by atoms with Crippen molar-refractivity contribution in [2.24, 2.45) is 0 Å². The van der Waals surface area contributed by atoms with E-state index in [-0.39, 0.29) is 18.0 Å². The van der Waals surface area contributed by atoms with E-state index < -0.39 is 0 Å². The normalized spacial score (nSPS) is 26.8. The molecule has 0 unspecified atom stereocenters. The van der Waals surface area contributed by atoms with Gasteiger partial charge in [-0.1, -0.05) is 6.07 Å². The molecule has 2 atom stereocenters. The summed E-state index contributed by atoms with van der Waals surface area (Å²) in [7, 11) is 0. The van der Waals surface area contributed by atoms with Gasteiger partial charge in [-0.25, -0.2) is 0 Å². The number of nitrogens with zero attached hydrogens (tertiary/aromatic N) is 1. The van der Waals surface area contributed by atoms with Crippen molar-refractivity contribution in [3.05, 3.63) is 30.1 Å². The van der Waals surface area contributed by atoms with Crippen LogP contribution in [0.1, 0.15) is 18.6 Å². The van der Waals surface area contributed by atoms with Crippen LogP contribution >= 0.6 is 0 Å². The van der Waals surface area contributed by atoms with Crippen molar-refractivity contribution < 1.29 is 9.53 Å². The first-order valence-electron chi connectivity index (χ1n) is 3.85. The van der Waals surface area contributed by atoms with Gasteiger partial charge in [0.25, 0.3) is 0 Å². The lowest BCUT2D eigenvalue weighted by Gasteiger charge is -1.91. The summed E-state index contributed by atoms with van der Waals surface area (Å²) in [6.07, 6.45) is 3.16. The molecule has 1 saturated heterocycles. The molecule has 3 nitrogen and oxygen atoms in total. The van der Waals surface area contributed by atoms with E-state index >= 15 is 0 Å². The number of pyridine rings is 1. The molecule has 0 radical (unpaired) electrons. The van der Waals surface area contributed by atoms with Crippen molar-refractivity contribution in [2.45, 2.75) is 19.1 Å². The Morgan fingerprint density at radius 2 is 2.50 bits per heavy atom. The number of aromatic nitrogens is 1. The molecule has 1 aromatic rings. The molecule has 0 spiro atoms. The molecule has 2 rings (SSSR count). The van der Waals surface area contributed by atoms with Crippen molar-refractivity contribution in [1.29, 1.82) is 0 Å². The number of carbonyl (C=O) groups excluding carboxylic acids is 1. The van der Waals surface area contributed by atoms with Crippen LogP contribution in [0.15, 0.2) is 24.5 Å². The Morgan fingerprint density at radius 1 is 1.67 bits per heavy atom. The smallest absolute Gasteiger partial charge is 0.161 e. The molecular weight excluding hydrogens is 154 g/mol. The Labute approximate surface area is 70.4 Å². The topological polar surface area (TPSA) is 42.5 Å². The Morgan fingerprint density at radius 3 is 3.00 bits per heavy atom. The highest BCUT2D eigenvalue weighted by Gasteiger charge is 2.43. The Kier molecular flexibility index (Phi) is 1.66. The number of rotatable bonds is 2. The quantitative estimate of drug-likeness (QED) is 0.613. The highest BCUT2D eigenvalue weighted by molar-refractivity contribution is 5.83. The molecule has 12 heavy (non-hydrogen) atoms. The van der Waals surface area contributed by atoms with Crippen molar-refractivity contribution in [2.75, 3.05) is 0 Å². The molecule has 0 aromatic carbocycles. The zero-order valence-corrected chi connectivity index (χ0v) is 6.73. The Balaban J connectivity index is 2.11. The van der Waals surface area contributed by atoms with Crippen LogP contribution in [0.2, 0.25) is 0 Å². The van der Waals surface area contributed by atoms with Crippen LogP contribution < -0.4 is 0 Å². The van der Waals surface area contributed by atoms with Gasteiger partial charge in [-0.3, -0.25) is 9.78 Å². The van der Waals surface area contributed by atoms with Gasteiger partial charge < -0.3 is 4.74 Å². The summed E-state index contributed by atoms with van der Waals surface area (Å²) in [5.41, 5.74) is 0.984. The van der Waals surface area contributed by atoms with Crippen LogP contribution in [0.4, 0.5) is 0 Å². The third kappa shape index (κ3) is 1.23. The van der Waals surface area contributed by atoms with E-state index in [0.29, 0.717) is 0 Å². The van der Waals surface area contributed by atoms with Gasteiger partial charge in [-0.15, -0.1) is 0 Å². The van der Waals surface area contributed by atoms with E-state index in [1.54, 1.807) is 19.3 Å². The Hall–Kier alpha value is -1.22. The monoisotopic (exact) mass is 163 g/mol. The molecule has 1 fully saturated rings. The van der Waals surface area contributed by atoms with Crippen LogP contribution in [0.3, 0.4) is 0 Å². The zero-order chi connectivity index (χ0) is 8.55. The largest absolute Gasteiger partial charge is 0.356 e. The summed E-state index contributed by atoms with van der Waals surface area (Å²) in [5.74, 6) is 0.0869. The molecule has 1 aliphatic heterocycles. The van der Waals surface area contributed by atoms with E-state index in [9.17, 15) is 4.79 Å². The lowest BCUT2D eigenvalue weighted by molar-refractivity contribution is -0.118. The maximum absolute atomic E-state index is 10.8. The van der Waals surface area contributed by atoms with Crippen molar-refractivity contribution >= 4 is 5.78 Å². The van der Waals surface area contributed by atoms with Crippen LogP contribution in [-0.4, -0.2) is 16.9 Å². The molecule has 1 aromatic heterocycles. The molecule has 1 aliphatic rings. The minimum Gasteiger partial charge on any atom is -0.356 e. The SMILES string of the molecule is CC(=O)[C@@H]1O[C@@H]1c1cccnc1. The molecule has 0 saturated carbocycles. The molecule has 0 amide bonds. The number of Topliss-reactive ketones (excluding diaryl/α,β-unsaturated/α-hetero) is 1. The highest BCUT2D eigenvalue weighted by atomic mass is 16.6. The summed E-state index contributed by atoms with van der Waals surface area (Å²) in [6.45, 7) is 1.54.